The van der Waals surface area contributed by atoms with Crippen molar-refractivity contribution >= 4 is 5.91 Å². The van der Waals surface area contributed by atoms with Crippen molar-refractivity contribution in [2.75, 3.05) is 0 Å². The molecule has 3 nitrogen and oxygen atoms in total. The Morgan fingerprint density at radius 3 is 2.62 bits per heavy atom. The highest BCUT2D eigenvalue weighted by Crippen LogP contribution is 2.35. The van der Waals surface area contributed by atoms with E-state index in [1.165, 1.54) is 6.07 Å². The normalized spacial score (nSPS) is 14.9. The van der Waals surface area contributed by atoms with E-state index in [1.54, 1.807) is 0 Å². The Morgan fingerprint density at radius 2 is 2.06 bits per heavy atom. The lowest BCUT2D eigenvalue weighted by atomic mass is 9.99. The molecule has 0 spiro atoms. The third kappa shape index (κ3) is 1.65. The maximum Gasteiger partial charge on any atom is 0.416 e. The molecule has 0 bridgehead atoms. The smallest absolute Gasteiger partial charge is 0.392 e. The lowest BCUT2D eigenvalue weighted by Gasteiger charge is -2.12. The van der Waals surface area contributed by atoms with Crippen LogP contribution in [-0.2, 0) is 19.3 Å². The summed E-state index contributed by atoms with van der Waals surface area (Å²) in [4.78, 5) is 11.3. The molecular formula is C10H8F3NO2. The van der Waals surface area contributed by atoms with Gasteiger partial charge in [-0.15, -0.1) is 0 Å². The van der Waals surface area contributed by atoms with Crippen molar-refractivity contribution in [3.8, 4) is 0 Å². The van der Waals surface area contributed by atoms with Gasteiger partial charge in [0.2, 0.25) is 0 Å². The first-order valence-corrected chi connectivity index (χ1v) is 4.55. The first-order valence-electron chi connectivity index (χ1n) is 4.55. The predicted molar refractivity (Wildman–Crippen MR) is 48.5 cm³/mol. The Hall–Kier alpha value is -1.56. The third-order valence-electron chi connectivity index (χ3n) is 2.47. The van der Waals surface area contributed by atoms with Gasteiger partial charge in [-0.2, -0.15) is 13.2 Å². The Bertz CT molecular complexity index is 454. The number of alkyl halides is 3. The quantitative estimate of drug-likeness (QED) is 0.768. The molecule has 0 aliphatic carbocycles. The average molecular weight is 231 g/mol. The molecular weight excluding hydrogens is 223 g/mol. The molecule has 16 heavy (non-hydrogen) atoms. The maximum absolute atomic E-state index is 12.7. The molecule has 0 saturated heterocycles. The van der Waals surface area contributed by atoms with Crippen molar-refractivity contribution in [3.63, 3.8) is 0 Å². The van der Waals surface area contributed by atoms with Crippen LogP contribution in [0.5, 0.6) is 0 Å². The Labute approximate surface area is 88.9 Å². The van der Waals surface area contributed by atoms with Crippen LogP contribution >= 0.6 is 0 Å². The first-order chi connectivity index (χ1) is 7.43. The summed E-state index contributed by atoms with van der Waals surface area (Å²) >= 11 is 0. The molecule has 2 N–H and O–H groups in total. The fourth-order valence-electron chi connectivity index (χ4n) is 1.73. The molecule has 6 heteroatoms. The standard InChI is InChI=1S/C10H8F3NO2/c11-10(12,13)8-2-5(4-15)1-6-7(8)3-14-9(6)16/h1-2,15H,3-4H2,(H,14,16). The number of aliphatic hydroxyl groups excluding tert-OH is 1. The molecule has 0 unspecified atom stereocenters. The van der Waals surface area contributed by atoms with Gasteiger partial charge >= 0.3 is 6.18 Å². The van der Waals surface area contributed by atoms with E-state index in [4.69, 9.17) is 5.11 Å². The number of carbonyl (C=O) groups is 1. The second-order valence-corrected chi connectivity index (χ2v) is 3.51. The summed E-state index contributed by atoms with van der Waals surface area (Å²) in [5.74, 6) is -0.532. The molecule has 1 aliphatic heterocycles. The number of benzene rings is 1. The zero-order valence-electron chi connectivity index (χ0n) is 8.06. The van der Waals surface area contributed by atoms with Crippen molar-refractivity contribution in [1.82, 2.24) is 5.32 Å². The summed E-state index contributed by atoms with van der Waals surface area (Å²) in [6, 6.07) is 2.16. The van der Waals surface area contributed by atoms with E-state index in [0.29, 0.717) is 0 Å². The molecule has 0 saturated carbocycles. The van der Waals surface area contributed by atoms with Crippen LogP contribution in [-0.4, -0.2) is 11.0 Å². The number of carbonyl (C=O) groups excluding carboxylic acids is 1. The number of nitrogens with one attached hydrogen (secondary N) is 1. The van der Waals surface area contributed by atoms with E-state index in [-0.39, 0.29) is 23.2 Å². The zero-order chi connectivity index (χ0) is 11.9. The number of rotatable bonds is 1. The lowest BCUT2D eigenvalue weighted by molar-refractivity contribution is -0.138. The summed E-state index contributed by atoms with van der Waals surface area (Å²) < 4.78 is 38.0. The van der Waals surface area contributed by atoms with E-state index >= 15 is 0 Å². The van der Waals surface area contributed by atoms with Crippen LogP contribution in [0, 0.1) is 0 Å². The van der Waals surface area contributed by atoms with Crippen LogP contribution in [0.2, 0.25) is 0 Å². The maximum atomic E-state index is 12.7. The van der Waals surface area contributed by atoms with E-state index < -0.39 is 24.3 Å². The van der Waals surface area contributed by atoms with Crippen molar-refractivity contribution < 1.29 is 23.1 Å². The van der Waals surface area contributed by atoms with Gasteiger partial charge in [-0.05, 0) is 23.3 Å². The van der Waals surface area contributed by atoms with Crippen LogP contribution in [0.15, 0.2) is 12.1 Å². The molecule has 86 valence electrons. The SMILES string of the molecule is O=C1NCc2c1cc(CO)cc2C(F)(F)F. The minimum absolute atomic E-state index is 0.00104. The molecule has 1 amide bonds. The van der Waals surface area contributed by atoms with E-state index in [1.807, 2.05) is 0 Å². The van der Waals surface area contributed by atoms with Gasteiger partial charge < -0.3 is 10.4 Å². The Balaban J connectivity index is 2.65. The monoisotopic (exact) mass is 231 g/mol. The largest absolute Gasteiger partial charge is 0.416 e. The minimum Gasteiger partial charge on any atom is -0.392 e. The highest BCUT2D eigenvalue weighted by molar-refractivity contribution is 5.99. The van der Waals surface area contributed by atoms with Gasteiger partial charge in [0.25, 0.3) is 5.91 Å². The summed E-state index contributed by atoms with van der Waals surface area (Å²) in [6.07, 6.45) is -4.51. The van der Waals surface area contributed by atoms with Gasteiger partial charge in [0.05, 0.1) is 12.2 Å². The fourth-order valence-corrected chi connectivity index (χ4v) is 1.73. The number of fused-ring (bicyclic) bond motifs is 1. The van der Waals surface area contributed by atoms with Crippen molar-refractivity contribution in [2.24, 2.45) is 0 Å². The second kappa shape index (κ2) is 3.48. The topological polar surface area (TPSA) is 49.3 Å². The number of halogens is 3. The van der Waals surface area contributed by atoms with Gasteiger partial charge in [0, 0.05) is 12.1 Å². The van der Waals surface area contributed by atoms with Gasteiger partial charge in [-0.25, -0.2) is 0 Å². The van der Waals surface area contributed by atoms with Crippen LogP contribution in [0.4, 0.5) is 13.2 Å². The molecule has 1 aromatic rings. The van der Waals surface area contributed by atoms with Gasteiger partial charge in [0.1, 0.15) is 0 Å². The third-order valence-corrected chi connectivity index (χ3v) is 2.47. The molecule has 0 aromatic heterocycles. The summed E-state index contributed by atoms with van der Waals surface area (Å²) in [5.41, 5.74) is -0.816. The predicted octanol–water partition coefficient (Wildman–Crippen LogP) is 1.44. The van der Waals surface area contributed by atoms with Crippen LogP contribution in [0.3, 0.4) is 0 Å². The Morgan fingerprint density at radius 1 is 1.38 bits per heavy atom. The lowest BCUT2D eigenvalue weighted by Crippen LogP contribution is -2.12. The van der Waals surface area contributed by atoms with Gasteiger partial charge in [-0.1, -0.05) is 0 Å². The molecule has 1 aliphatic rings. The van der Waals surface area contributed by atoms with E-state index in [2.05, 4.69) is 5.32 Å². The summed E-state index contributed by atoms with van der Waals surface area (Å²) in [5, 5.41) is 11.2. The molecule has 2 rings (SSSR count). The summed E-state index contributed by atoms with van der Waals surface area (Å²) in [6.45, 7) is -0.641. The molecule has 0 fully saturated rings. The van der Waals surface area contributed by atoms with Crippen LogP contribution in [0.25, 0.3) is 0 Å². The highest BCUT2D eigenvalue weighted by Gasteiger charge is 2.37. The Kier molecular flexibility index (Phi) is 2.38. The second-order valence-electron chi connectivity index (χ2n) is 3.51. The van der Waals surface area contributed by atoms with E-state index in [9.17, 15) is 18.0 Å². The number of aliphatic hydroxyl groups is 1. The molecule has 0 atom stereocenters. The molecule has 1 aromatic carbocycles. The van der Waals surface area contributed by atoms with Crippen molar-refractivity contribution in [2.45, 2.75) is 19.3 Å². The van der Waals surface area contributed by atoms with Gasteiger partial charge in [0.15, 0.2) is 0 Å². The van der Waals surface area contributed by atoms with Crippen LogP contribution < -0.4 is 5.32 Å². The molecule has 0 radical (unpaired) electrons. The average Bonchev–Trinajstić information content (AvgIpc) is 2.58. The van der Waals surface area contributed by atoms with Gasteiger partial charge in [-0.3, -0.25) is 4.79 Å². The van der Waals surface area contributed by atoms with Crippen molar-refractivity contribution in [3.05, 3.63) is 34.4 Å². The number of hydrogen-bond donors (Lipinski definition) is 2. The minimum atomic E-state index is -4.51. The zero-order valence-corrected chi connectivity index (χ0v) is 8.06. The van der Waals surface area contributed by atoms with E-state index in [0.717, 1.165) is 6.07 Å². The molecule has 1 heterocycles. The fraction of sp³-hybridized carbons (Fsp3) is 0.300. The highest BCUT2D eigenvalue weighted by atomic mass is 19.4. The number of amides is 1. The first kappa shape index (κ1) is 10.9. The van der Waals surface area contributed by atoms with Crippen molar-refractivity contribution in [1.29, 1.82) is 0 Å². The van der Waals surface area contributed by atoms with Crippen LogP contribution in [0.1, 0.15) is 27.0 Å². The number of hydrogen-bond acceptors (Lipinski definition) is 2. The summed E-state index contributed by atoms with van der Waals surface area (Å²) in [7, 11) is 0.